The third kappa shape index (κ3) is 13.3. The number of hydrogen-bond acceptors (Lipinski definition) is 26. The van der Waals surface area contributed by atoms with Crippen LogP contribution < -0.4 is 24.7 Å². The number of anilines is 1. The van der Waals surface area contributed by atoms with Crippen molar-refractivity contribution in [2.45, 2.75) is 14.7 Å². The predicted octanol–water partition coefficient (Wildman–Crippen LogP) is 6.96. The molecule has 25 nitrogen and oxygen atoms in total. The molecule has 0 saturated carbocycles. The normalized spacial score (nSPS) is 12.0. The van der Waals surface area contributed by atoms with Crippen LogP contribution in [0.3, 0.4) is 0 Å². The van der Waals surface area contributed by atoms with E-state index in [4.69, 9.17) is 35.2 Å². The van der Waals surface area contributed by atoms with Crippen LogP contribution in [0.2, 0.25) is 0 Å². The second kappa shape index (κ2) is 24.3. The van der Waals surface area contributed by atoms with Gasteiger partial charge in [-0.05, 0) is 41.8 Å². The Bertz CT molecular complexity index is 2590. The summed E-state index contributed by atoms with van der Waals surface area (Å²) in [7, 11) is -4.77. The van der Waals surface area contributed by atoms with E-state index < -0.39 is 39.7 Å². The number of nitrogens with zero attached hydrogens (tertiary/aromatic N) is 6. The maximum absolute atomic E-state index is 11.9. The van der Waals surface area contributed by atoms with Crippen molar-refractivity contribution < 1.29 is 86.7 Å². The third-order valence-electron chi connectivity index (χ3n) is 7.86. The average molecular weight is 952 g/mol. The van der Waals surface area contributed by atoms with Crippen molar-refractivity contribution in [1.29, 1.82) is 0 Å². The highest BCUT2D eigenvalue weighted by atomic mass is 32.2. The second-order valence-electron chi connectivity index (χ2n) is 12.1. The summed E-state index contributed by atoms with van der Waals surface area (Å²) >= 11 is 1.05. The summed E-state index contributed by atoms with van der Waals surface area (Å²) < 4.78 is 65.4. The Hall–Kier alpha value is -5.83. The van der Waals surface area contributed by atoms with Gasteiger partial charge in [-0.25, -0.2) is 10.5 Å². The van der Waals surface area contributed by atoms with Gasteiger partial charge in [-0.1, -0.05) is 16.1 Å². The van der Waals surface area contributed by atoms with E-state index >= 15 is 0 Å². The summed E-state index contributed by atoms with van der Waals surface area (Å²) in [5.74, 6) is -0.569. The molecule has 5 aromatic rings. The number of rotatable bonds is 25. The topological polar surface area (TPSA) is 370 Å². The molecular weight excluding hydrogens is 915 g/mol. The monoisotopic (exact) mass is 951 g/mol. The summed E-state index contributed by atoms with van der Waals surface area (Å²) in [4.78, 5) is -0.221. The number of fused-ring (bicyclic) bond motifs is 1. The Morgan fingerprint density at radius 2 is 1.06 bits per heavy atom. The molecule has 0 aliphatic heterocycles. The Balaban J connectivity index is 1.60. The quantitative estimate of drug-likeness (QED) is 0.00712. The van der Waals surface area contributed by atoms with Gasteiger partial charge in [0.2, 0.25) is 0 Å². The van der Waals surface area contributed by atoms with Crippen LogP contribution in [0.5, 0.6) is 28.7 Å². The van der Waals surface area contributed by atoms with Gasteiger partial charge in [0.1, 0.15) is 82.8 Å². The average Bonchev–Trinajstić information content (AvgIpc) is 3.28. The van der Waals surface area contributed by atoms with E-state index in [1.165, 1.54) is 30.3 Å². The minimum Gasteiger partial charge on any atom is -0.505 e. The first-order valence-electron chi connectivity index (χ1n) is 18.0. The molecule has 5 aromatic carbocycles. The molecule has 0 atom stereocenters. The van der Waals surface area contributed by atoms with Gasteiger partial charge in [-0.3, -0.25) is 4.55 Å². The van der Waals surface area contributed by atoms with Crippen LogP contribution >= 0.6 is 24.1 Å². The molecule has 0 bridgehead atoms. The van der Waals surface area contributed by atoms with Gasteiger partial charge in [-0.15, -0.1) is 34.2 Å². The molecule has 5 rings (SSSR count). The van der Waals surface area contributed by atoms with Crippen molar-refractivity contribution in [1.82, 2.24) is 0 Å². The maximum atomic E-state index is 11.9. The van der Waals surface area contributed by atoms with Crippen LogP contribution in [0.1, 0.15) is 0 Å². The highest BCUT2D eigenvalue weighted by Crippen LogP contribution is 2.48. The van der Waals surface area contributed by atoms with Crippen LogP contribution in [0.4, 0.5) is 39.8 Å². The van der Waals surface area contributed by atoms with E-state index in [-0.39, 0.29) is 107 Å². The Morgan fingerprint density at radius 3 is 1.53 bits per heavy atom. The first kappa shape index (κ1) is 49.2. The Labute approximate surface area is 369 Å². The molecular formula is C36H37N7O18S3. The number of ether oxygens (including phenoxy) is 4. The molecule has 0 radical (unpaired) electrons. The van der Waals surface area contributed by atoms with E-state index in [1.54, 1.807) is 24.3 Å². The van der Waals surface area contributed by atoms with Gasteiger partial charge in [0, 0.05) is 34.5 Å². The zero-order chi connectivity index (χ0) is 46.1. The molecule has 0 saturated heterocycles. The molecule has 0 heterocycles. The molecule has 342 valence electrons. The Kier molecular flexibility index (Phi) is 18.7. The van der Waals surface area contributed by atoms with E-state index in [0.717, 1.165) is 12.1 Å². The van der Waals surface area contributed by atoms with Crippen molar-refractivity contribution >= 4 is 84.8 Å². The number of phenols is 1. The fourth-order valence-corrected chi connectivity index (χ4v) is 6.82. The van der Waals surface area contributed by atoms with Gasteiger partial charge >= 0.3 is 0 Å². The van der Waals surface area contributed by atoms with E-state index in [2.05, 4.69) is 49.4 Å². The van der Waals surface area contributed by atoms with Crippen molar-refractivity contribution in [2.75, 3.05) is 58.6 Å². The van der Waals surface area contributed by atoms with Gasteiger partial charge < -0.3 is 50.2 Å². The molecule has 0 fully saturated rings. The smallest absolute Gasteiger partial charge is 0.296 e. The van der Waals surface area contributed by atoms with Crippen LogP contribution in [0.15, 0.2) is 112 Å². The number of azo groups is 3. The van der Waals surface area contributed by atoms with Gasteiger partial charge in [0.05, 0.1) is 66.8 Å². The molecule has 0 spiro atoms. The lowest BCUT2D eigenvalue weighted by atomic mass is 10.1. The molecule has 0 aliphatic rings. The largest absolute Gasteiger partial charge is 0.505 e. The summed E-state index contributed by atoms with van der Waals surface area (Å²) in [6.07, 6.45) is 0. The number of hydrogen-bond donors (Lipinski definition) is 9. The van der Waals surface area contributed by atoms with Crippen molar-refractivity contribution in [3.05, 3.63) is 66.7 Å². The first-order chi connectivity index (χ1) is 30.9. The van der Waals surface area contributed by atoms with E-state index in [9.17, 15) is 38.5 Å². The molecule has 0 aromatic heterocycles. The summed E-state index contributed by atoms with van der Waals surface area (Å²) in [6.45, 7) is -2.50. The fraction of sp³-hybridized carbons (Fsp3) is 0.222. The van der Waals surface area contributed by atoms with Gasteiger partial charge in [-0.2, -0.15) is 13.5 Å². The van der Waals surface area contributed by atoms with Gasteiger partial charge in [0.25, 0.3) is 10.1 Å². The number of benzene rings is 5. The molecule has 10 N–H and O–H groups in total. The minimum absolute atomic E-state index is 0.0215. The number of nitrogen functional groups attached to an aromatic ring is 1. The highest BCUT2D eigenvalue weighted by Gasteiger charge is 2.22. The maximum Gasteiger partial charge on any atom is 0.296 e. The second-order valence-corrected chi connectivity index (χ2v) is 15.0. The summed E-state index contributed by atoms with van der Waals surface area (Å²) in [6, 6.07) is 15.2. The minimum atomic E-state index is -4.77. The van der Waals surface area contributed by atoms with Crippen LogP contribution in [0, 0.1) is 0 Å². The molecule has 0 amide bonds. The number of aliphatic hydroxyl groups excluding tert-OH is 4. The third-order valence-corrected chi connectivity index (χ3v) is 9.97. The SMILES string of the molecule is Nc1cc2c(O)c(N=Nc3cc(OCCO)c(N=Nc4cc(OCCO)c(N=Nc5cccc(SOOO)c5)cc4OCCO)cc3OCCO)c(SOOO)cc2cc1S(=O)(=O)O. The Morgan fingerprint density at radius 1 is 0.594 bits per heavy atom. The number of aliphatic hydroxyl groups is 4. The van der Waals surface area contributed by atoms with Gasteiger partial charge in [0.15, 0.2) is 5.75 Å². The first-order valence-corrected chi connectivity index (χ1v) is 20.9. The zero-order valence-corrected chi connectivity index (χ0v) is 35.1. The number of aromatic hydroxyl groups is 1. The lowest BCUT2D eigenvalue weighted by Gasteiger charge is -2.14. The summed E-state index contributed by atoms with van der Waals surface area (Å²) in [5.41, 5.74) is 5.55. The van der Waals surface area contributed by atoms with Crippen LogP contribution in [-0.4, -0.2) is 102 Å². The number of nitrogens with two attached hydrogens (primary N) is 1. The summed E-state index contributed by atoms with van der Waals surface area (Å²) in [5, 5.41) is 99.8. The molecule has 64 heavy (non-hydrogen) atoms. The van der Waals surface area contributed by atoms with Crippen LogP contribution in [0.25, 0.3) is 10.8 Å². The van der Waals surface area contributed by atoms with E-state index in [0.29, 0.717) is 34.7 Å². The van der Waals surface area contributed by atoms with E-state index in [1.807, 2.05) is 0 Å². The predicted molar refractivity (Wildman–Crippen MR) is 223 cm³/mol. The van der Waals surface area contributed by atoms with Crippen LogP contribution in [-0.2, 0) is 28.9 Å². The van der Waals surface area contributed by atoms with Crippen molar-refractivity contribution in [3.63, 3.8) is 0 Å². The highest BCUT2D eigenvalue weighted by molar-refractivity contribution is 7.95. The molecule has 0 unspecified atom stereocenters. The lowest BCUT2D eigenvalue weighted by molar-refractivity contribution is -0.432. The number of phenolic OH excluding ortho intramolecular Hbond substituents is 1. The standard InChI is InChI=1S/C36H37N7O18S3/c37-24-15-23-20(13-34(24)64(51,52)53)12-33(63-61-59-50)35(36(23)48)43-42-28-19-31(56-10-6-46)27(18-32(28)57-11-7-47)41-40-26-17-29(54-8-4-44)25(16-30(26)55-9-5-45)39-38-21-2-1-3-22(14-21)62-60-58-49/h1-3,12-19,44-50H,4-11,37H2,(H,51,52,53). The van der Waals surface area contributed by atoms with Crippen molar-refractivity contribution in [3.8, 4) is 28.7 Å². The fourth-order valence-electron chi connectivity index (χ4n) is 5.28. The molecule has 28 heteroatoms. The zero-order valence-electron chi connectivity index (χ0n) is 32.7. The van der Waals surface area contributed by atoms with Crippen molar-refractivity contribution in [2.24, 2.45) is 30.7 Å². The molecule has 0 aliphatic carbocycles. The lowest BCUT2D eigenvalue weighted by Crippen LogP contribution is -2.04.